The molecule has 0 saturated heterocycles. The third kappa shape index (κ3) is 3.58. The Hall–Kier alpha value is -1.80. The molecule has 0 aliphatic heterocycles. The number of hydrogen-bond acceptors (Lipinski definition) is 2. The van der Waals surface area contributed by atoms with Gasteiger partial charge in [0.25, 0.3) is 0 Å². The molecule has 2 heteroatoms. The smallest absolute Gasteiger partial charge is 0.127 e. The van der Waals surface area contributed by atoms with Crippen molar-refractivity contribution in [3.8, 4) is 11.5 Å². The van der Waals surface area contributed by atoms with E-state index in [0.29, 0.717) is 6.04 Å². The maximum atomic E-state index is 5.89. The van der Waals surface area contributed by atoms with Crippen molar-refractivity contribution in [1.82, 2.24) is 5.32 Å². The van der Waals surface area contributed by atoms with Gasteiger partial charge in [0.05, 0.1) is 0 Å². The molecule has 2 rings (SSSR count). The lowest BCUT2D eigenvalue weighted by Gasteiger charge is -2.12. The highest BCUT2D eigenvalue weighted by Crippen LogP contribution is 2.25. The van der Waals surface area contributed by atoms with Crippen molar-refractivity contribution < 1.29 is 4.74 Å². The Balaban J connectivity index is 2.15. The summed E-state index contributed by atoms with van der Waals surface area (Å²) in [5.41, 5.74) is 3.70. The minimum atomic E-state index is 0.357. The van der Waals surface area contributed by atoms with Crippen LogP contribution in [0.5, 0.6) is 11.5 Å². The van der Waals surface area contributed by atoms with Crippen LogP contribution < -0.4 is 10.1 Å². The van der Waals surface area contributed by atoms with Gasteiger partial charge in [-0.25, -0.2) is 0 Å². The van der Waals surface area contributed by atoms with E-state index in [9.17, 15) is 0 Å². The molecule has 0 heterocycles. The lowest BCUT2D eigenvalue weighted by molar-refractivity contribution is 0.481. The summed E-state index contributed by atoms with van der Waals surface area (Å²) in [7, 11) is 1.96. The molecule has 0 aliphatic rings. The number of nitrogens with one attached hydrogen (secondary N) is 1. The number of hydrogen-bond donors (Lipinski definition) is 1. The number of rotatable bonds is 4. The fourth-order valence-electron chi connectivity index (χ4n) is 2.12. The molecule has 2 aromatic rings. The van der Waals surface area contributed by atoms with Crippen LogP contribution in [0.1, 0.15) is 29.7 Å². The van der Waals surface area contributed by atoms with Gasteiger partial charge in [0.15, 0.2) is 0 Å². The van der Waals surface area contributed by atoms with Crippen LogP contribution >= 0.6 is 0 Å². The van der Waals surface area contributed by atoms with Crippen molar-refractivity contribution in [2.45, 2.75) is 26.8 Å². The Kier molecular flexibility index (Phi) is 4.23. The van der Waals surface area contributed by atoms with Crippen LogP contribution in [0.4, 0.5) is 0 Å². The maximum Gasteiger partial charge on any atom is 0.127 e. The lowest BCUT2D eigenvalue weighted by Crippen LogP contribution is -2.11. The van der Waals surface area contributed by atoms with E-state index in [1.54, 1.807) is 0 Å². The standard InChI is InChI=1S/C17H21NO/c1-12-9-13(2)11-17(10-12)19-16-7-5-15(6-8-16)14(3)18-4/h5-11,14,18H,1-4H3. The van der Waals surface area contributed by atoms with Crippen molar-refractivity contribution in [2.75, 3.05) is 7.05 Å². The molecule has 0 spiro atoms. The molecule has 100 valence electrons. The molecule has 19 heavy (non-hydrogen) atoms. The van der Waals surface area contributed by atoms with Crippen molar-refractivity contribution in [3.05, 3.63) is 59.2 Å². The zero-order chi connectivity index (χ0) is 13.8. The highest BCUT2D eigenvalue weighted by molar-refractivity contribution is 5.38. The van der Waals surface area contributed by atoms with Gasteiger partial charge < -0.3 is 10.1 Å². The molecule has 0 fully saturated rings. The highest BCUT2D eigenvalue weighted by atomic mass is 16.5. The van der Waals surface area contributed by atoms with Gasteiger partial charge in [-0.2, -0.15) is 0 Å². The molecule has 2 nitrogen and oxygen atoms in total. The molecule has 1 unspecified atom stereocenters. The molecule has 1 N–H and O–H groups in total. The van der Waals surface area contributed by atoms with Crippen molar-refractivity contribution in [3.63, 3.8) is 0 Å². The first-order valence-electron chi connectivity index (χ1n) is 6.62. The summed E-state index contributed by atoms with van der Waals surface area (Å²) >= 11 is 0. The van der Waals surface area contributed by atoms with E-state index >= 15 is 0 Å². The quantitative estimate of drug-likeness (QED) is 0.875. The Morgan fingerprint density at radius 3 is 2.00 bits per heavy atom. The normalized spacial score (nSPS) is 12.2. The molecule has 0 radical (unpaired) electrons. The summed E-state index contributed by atoms with van der Waals surface area (Å²) in [6, 6.07) is 14.8. The molecular formula is C17H21NO. The number of aryl methyl sites for hydroxylation is 2. The molecule has 0 aromatic heterocycles. The summed E-state index contributed by atoms with van der Waals surface area (Å²) in [4.78, 5) is 0. The third-order valence-corrected chi connectivity index (χ3v) is 3.24. The Bertz CT molecular complexity index is 525. The molecule has 0 amide bonds. The monoisotopic (exact) mass is 255 g/mol. The van der Waals surface area contributed by atoms with Gasteiger partial charge in [0.1, 0.15) is 11.5 Å². The third-order valence-electron chi connectivity index (χ3n) is 3.24. The summed E-state index contributed by atoms with van der Waals surface area (Å²) in [5.74, 6) is 1.77. The predicted octanol–water partition coefficient (Wildman–Crippen LogP) is 4.38. The second kappa shape index (κ2) is 5.89. The van der Waals surface area contributed by atoms with Crippen LogP contribution in [0.3, 0.4) is 0 Å². The summed E-state index contributed by atoms with van der Waals surface area (Å²) in [5, 5.41) is 3.22. The molecule has 1 atom stereocenters. The minimum Gasteiger partial charge on any atom is -0.457 e. The van der Waals surface area contributed by atoms with Crippen molar-refractivity contribution in [2.24, 2.45) is 0 Å². The van der Waals surface area contributed by atoms with Crippen molar-refractivity contribution in [1.29, 1.82) is 0 Å². The molecule has 0 bridgehead atoms. The predicted molar refractivity (Wildman–Crippen MR) is 79.9 cm³/mol. The van der Waals surface area contributed by atoms with Crippen LogP contribution in [0.25, 0.3) is 0 Å². The zero-order valence-electron chi connectivity index (χ0n) is 12.0. The summed E-state index contributed by atoms with van der Waals surface area (Å²) < 4.78 is 5.89. The fourth-order valence-corrected chi connectivity index (χ4v) is 2.12. The molecule has 0 saturated carbocycles. The van der Waals surface area contributed by atoms with Crippen LogP contribution in [0.2, 0.25) is 0 Å². The lowest BCUT2D eigenvalue weighted by atomic mass is 10.1. The summed E-state index contributed by atoms with van der Waals surface area (Å²) in [6.45, 7) is 6.30. The zero-order valence-corrected chi connectivity index (χ0v) is 12.0. The Morgan fingerprint density at radius 1 is 0.895 bits per heavy atom. The first-order valence-corrected chi connectivity index (χ1v) is 6.62. The van der Waals surface area contributed by atoms with Gasteiger partial charge in [-0.3, -0.25) is 0 Å². The van der Waals surface area contributed by atoms with E-state index in [1.165, 1.54) is 16.7 Å². The molecule has 0 aliphatic carbocycles. The maximum absolute atomic E-state index is 5.89. The van der Waals surface area contributed by atoms with Gasteiger partial charge in [-0.05, 0) is 68.8 Å². The van der Waals surface area contributed by atoms with E-state index in [0.717, 1.165) is 11.5 Å². The van der Waals surface area contributed by atoms with Gasteiger partial charge in [0.2, 0.25) is 0 Å². The van der Waals surface area contributed by atoms with Crippen molar-refractivity contribution >= 4 is 0 Å². The van der Waals surface area contributed by atoms with Gasteiger partial charge in [-0.1, -0.05) is 18.2 Å². The summed E-state index contributed by atoms with van der Waals surface area (Å²) in [6.07, 6.45) is 0. The first-order chi connectivity index (χ1) is 9.08. The molecular weight excluding hydrogens is 234 g/mol. The Labute approximate surface area is 115 Å². The van der Waals surface area contributed by atoms with E-state index < -0.39 is 0 Å². The highest BCUT2D eigenvalue weighted by Gasteiger charge is 2.03. The van der Waals surface area contributed by atoms with E-state index in [4.69, 9.17) is 4.74 Å². The molecule has 2 aromatic carbocycles. The fraction of sp³-hybridized carbons (Fsp3) is 0.294. The number of ether oxygens (including phenoxy) is 1. The second-order valence-corrected chi connectivity index (χ2v) is 5.00. The van der Waals surface area contributed by atoms with Crippen LogP contribution in [0, 0.1) is 13.8 Å². The second-order valence-electron chi connectivity index (χ2n) is 5.00. The van der Waals surface area contributed by atoms with Crippen LogP contribution in [0.15, 0.2) is 42.5 Å². The van der Waals surface area contributed by atoms with E-state index in [-0.39, 0.29) is 0 Å². The van der Waals surface area contributed by atoms with E-state index in [1.807, 2.05) is 19.2 Å². The average Bonchev–Trinajstić information content (AvgIpc) is 2.37. The number of benzene rings is 2. The average molecular weight is 255 g/mol. The first kappa shape index (κ1) is 13.6. The van der Waals surface area contributed by atoms with Gasteiger partial charge in [-0.15, -0.1) is 0 Å². The van der Waals surface area contributed by atoms with E-state index in [2.05, 4.69) is 56.4 Å². The van der Waals surface area contributed by atoms with Crippen LogP contribution in [-0.2, 0) is 0 Å². The Morgan fingerprint density at radius 2 is 1.47 bits per heavy atom. The van der Waals surface area contributed by atoms with Gasteiger partial charge >= 0.3 is 0 Å². The van der Waals surface area contributed by atoms with Crippen LogP contribution in [-0.4, -0.2) is 7.05 Å². The topological polar surface area (TPSA) is 21.3 Å². The SMILES string of the molecule is CNC(C)c1ccc(Oc2cc(C)cc(C)c2)cc1. The minimum absolute atomic E-state index is 0.357. The van der Waals surface area contributed by atoms with Gasteiger partial charge in [0, 0.05) is 6.04 Å². The largest absolute Gasteiger partial charge is 0.457 e.